The molecule has 5 rings (SSSR count). The van der Waals surface area contributed by atoms with Crippen LogP contribution in [0.1, 0.15) is 21.7 Å². The van der Waals surface area contributed by atoms with Crippen LogP contribution in [0, 0.1) is 19.7 Å². The Labute approximate surface area is 208 Å². The molecule has 0 saturated carbocycles. The van der Waals surface area contributed by atoms with Gasteiger partial charge in [-0.3, -0.25) is 4.79 Å². The normalized spacial score (nSPS) is 10.8. The average molecular weight is 479 g/mol. The van der Waals surface area contributed by atoms with Gasteiger partial charge >= 0.3 is 0 Å². The summed E-state index contributed by atoms with van der Waals surface area (Å²) in [4.78, 5) is 17.6. The number of carbonyl (C=O) groups excluding carboxylic acids is 1. The zero-order valence-electron chi connectivity index (χ0n) is 19.8. The second kappa shape index (κ2) is 9.84. The summed E-state index contributed by atoms with van der Waals surface area (Å²) in [5.74, 6) is 1.01. The highest BCUT2D eigenvalue weighted by atomic mass is 19.1. The minimum Gasteiger partial charge on any atom is -0.457 e. The number of rotatable bonds is 6. The predicted molar refractivity (Wildman–Crippen MR) is 137 cm³/mol. The van der Waals surface area contributed by atoms with Crippen molar-refractivity contribution in [2.45, 2.75) is 13.8 Å². The van der Waals surface area contributed by atoms with Gasteiger partial charge in [-0.1, -0.05) is 30.3 Å². The molecule has 0 aliphatic rings. The first-order chi connectivity index (χ1) is 17.5. The fourth-order valence-electron chi connectivity index (χ4n) is 3.75. The number of aromatic nitrogens is 3. The maximum Gasteiger partial charge on any atom is 0.295 e. The summed E-state index contributed by atoms with van der Waals surface area (Å²) in [5.41, 5.74) is 4.10. The molecular formula is C29H23FN4O2. The Kier molecular flexibility index (Phi) is 6.28. The van der Waals surface area contributed by atoms with Crippen LogP contribution in [0.2, 0.25) is 0 Å². The molecule has 0 spiro atoms. The Hall–Kier alpha value is -4.78. The molecule has 178 valence electrons. The molecule has 1 N–H and O–H groups in total. The summed E-state index contributed by atoms with van der Waals surface area (Å²) in [6.07, 6.45) is 0. The quantitative estimate of drug-likeness (QED) is 0.294. The van der Waals surface area contributed by atoms with Crippen molar-refractivity contribution in [2.75, 3.05) is 5.32 Å². The Morgan fingerprint density at radius 3 is 2.25 bits per heavy atom. The van der Waals surface area contributed by atoms with Crippen molar-refractivity contribution >= 4 is 11.6 Å². The highest BCUT2D eigenvalue weighted by Gasteiger charge is 2.20. The van der Waals surface area contributed by atoms with E-state index in [-0.39, 0.29) is 11.6 Å². The number of hydrogen-bond donors (Lipinski definition) is 1. The van der Waals surface area contributed by atoms with E-state index in [2.05, 4.69) is 15.4 Å². The minimum absolute atomic E-state index is 0.000145. The molecule has 4 aromatic carbocycles. The number of anilines is 1. The fourth-order valence-corrected chi connectivity index (χ4v) is 3.75. The molecule has 0 radical (unpaired) electrons. The Morgan fingerprint density at radius 2 is 1.53 bits per heavy atom. The summed E-state index contributed by atoms with van der Waals surface area (Å²) in [6.45, 7) is 3.99. The number of benzene rings is 4. The van der Waals surface area contributed by atoms with Crippen LogP contribution >= 0.6 is 0 Å². The molecule has 1 amide bonds. The minimum atomic E-state index is -0.459. The van der Waals surface area contributed by atoms with E-state index in [1.54, 1.807) is 41.1 Å². The van der Waals surface area contributed by atoms with Gasteiger partial charge in [0.15, 0.2) is 5.82 Å². The molecule has 1 heterocycles. The summed E-state index contributed by atoms with van der Waals surface area (Å²) in [6, 6.07) is 28.3. The van der Waals surface area contributed by atoms with Crippen molar-refractivity contribution in [1.29, 1.82) is 0 Å². The lowest BCUT2D eigenvalue weighted by Gasteiger charge is -2.11. The van der Waals surface area contributed by atoms with E-state index < -0.39 is 5.91 Å². The molecule has 0 unspecified atom stereocenters. The standard InChI is InChI=1S/C29H23FN4O2/c1-19-7-6-10-26(20(19)2)34-28(21-11-13-22(30)14-12-21)32-27(33-34)29(35)31-23-15-17-25(18-16-23)36-24-8-4-3-5-9-24/h3-18H,1-2H3,(H,31,35). The van der Waals surface area contributed by atoms with E-state index in [9.17, 15) is 9.18 Å². The molecule has 0 saturated heterocycles. The smallest absolute Gasteiger partial charge is 0.295 e. The van der Waals surface area contributed by atoms with E-state index in [1.807, 2.05) is 62.4 Å². The van der Waals surface area contributed by atoms with Gasteiger partial charge < -0.3 is 10.1 Å². The highest BCUT2D eigenvalue weighted by Crippen LogP contribution is 2.26. The summed E-state index contributed by atoms with van der Waals surface area (Å²) >= 11 is 0. The first-order valence-corrected chi connectivity index (χ1v) is 11.4. The van der Waals surface area contributed by atoms with E-state index in [0.29, 0.717) is 22.8 Å². The van der Waals surface area contributed by atoms with E-state index >= 15 is 0 Å². The predicted octanol–water partition coefficient (Wildman–Crippen LogP) is 6.73. The van der Waals surface area contributed by atoms with Gasteiger partial charge in [0, 0.05) is 11.3 Å². The van der Waals surface area contributed by atoms with Crippen LogP contribution in [0.15, 0.2) is 97.1 Å². The summed E-state index contributed by atoms with van der Waals surface area (Å²) < 4.78 is 21.0. The van der Waals surface area contributed by atoms with Gasteiger partial charge in [-0.15, -0.1) is 5.10 Å². The third kappa shape index (κ3) is 4.86. The summed E-state index contributed by atoms with van der Waals surface area (Å²) in [7, 11) is 0. The van der Waals surface area contributed by atoms with Gasteiger partial charge in [0.25, 0.3) is 5.91 Å². The second-order valence-corrected chi connectivity index (χ2v) is 8.29. The third-order valence-corrected chi connectivity index (χ3v) is 5.81. The lowest BCUT2D eigenvalue weighted by Crippen LogP contribution is -2.14. The van der Waals surface area contributed by atoms with Crippen molar-refractivity contribution in [1.82, 2.24) is 14.8 Å². The number of nitrogens with one attached hydrogen (secondary N) is 1. The molecule has 6 nitrogen and oxygen atoms in total. The number of carbonyl (C=O) groups is 1. The van der Waals surface area contributed by atoms with Crippen LogP contribution in [0.3, 0.4) is 0 Å². The van der Waals surface area contributed by atoms with Crippen LogP contribution in [0.5, 0.6) is 11.5 Å². The van der Waals surface area contributed by atoms with Gasteiger partial charge in [-0.2, -0.15) is 0 Å². The lowest BCUT2D eigenvalue weighted by molar-refractivity contribution is 0.101. The summed E-state index contributed by atoms with van der Waals surface area (Å²) in [5, 5.41) is 7.36. The van der Waals surface area contributed by atoms with Crippen LogP contribution in [0.4, 0.5) is 10.1 Å². The van der Waals surface area contributed by atoms with Crippen LogP contribution < -0.4 is 10.1 Å². The van der Waals surface area contributed by atoms with Gasteiger partial charge in [0.05, 0.1) is 5.69 Å². The van der Waals surface area contributed by atoms with E-state index in [1.165, 1.54) is 12.1 Å². The lowest BCUT2D eigenvalue weighted by atomic mass is 10.1. The van der Waals surface area contributed by atoms with E-state index in [0.717, 1.165) is 22.6 Å². The average Bonchev–Trinajstić information content (AvgIpc) is 3.33. The van der Waals surface area contributed by atoms with Gasteiger partial charge in [-0.25, -0.2) is 14.1 Å². The van der Waals surface area contributed by atoms with Gasteiger partial charge in [0.2, 0.25) is 5.82 Å². The maximum atomic E-state index is 13.6. The third-order valence-electron chi connectivity index (χ3n) is 5.81. The maximum absolute atomic E-state index is 13.6. The number of para-hydroxylation sites is 1. The topological polar surface area (TPSA) is 69.0 Å². The Bertz CT molecular complexity index is 1510. The first-order valence-electron chi connectivity index (χ1n) is 11.4. The molecule has 7 heteroatoms. The van der Waals surface area contributed by atoms with Crippen molar-refractivity contribution in [3.05, 3.63) is 120 Å². The molecule has 0 atom stereocenters. The van der Waals surface area contributed by atoms with Crippen LogP contribution in [0.25, 0.3) is 17.1 Å². The van der Waals surface area contributed by atoms with Gasteiger partial charge in [-0.05, 0) is 91.7 Å². The number of amides is 1. The largest absolute Gasteiger partial charge is 0.457 e. The molecule has 0 fully saturated rings. The zero-order chi connectivity index (χ0) is 25.1. The first kappa shape index (κ1) is 23.0. The van der Waals surface area contributed by atoms with Crippen LogP contribution in [-0.4, -0.2) is 20.7 Å². The highest BCUT2D eigenvalue weighted by molar-refractivity contribution is 6.01. The number of nitrogens with zero attached hydrogens (tertiary/aromatic N) is 3. The monoisotopic (exact) mass is 478 g/mol. The number of aryl methyl sites for hydroxylation is 1. The number of hydrogen-bond acceptors (Lipinski definition) is 4. The molecule has 36 heavy (non-hydrogen) atoms. The van der Waals surface area contributed by atoms with Crippen molar-refractivity contribution in [3.8, 4) is 28.6 Å². The SMILES string of the molecule is Cc1cccc(-n2nc(C(=O)Nc3ccc(Oc4ccccc4)cc3)nc2-c2ccc(F)cc2)c1C. The molecule has 0 aliphatic carbocycles. The number of halogens is 1. The van der Waals surface area contributed by atoms with E-state index in [4.69, 9.17) is 4.74 Å². The molecule has 0 bridgehead atoms. The molecule has 5 aromatic rings. The molecule has 1 aromatic heterocycles. The molecular weight excluding hydrogens is 455 g/mol. The van der Waals surface area contributed by atoms with Crippen molar-refractivity contribution in [3.63, 3.8) is 0 Å². The fraction of sp³-hybridized carbons (Fsp3) is 0.0690. The second-order valence-electron chi connectivity index (χ2n) is 8.29. The number of ether oxygens (including phenoxy) is 1. The van der Waals surface area contributed by atoms with Crippen LogP contribution in [-0.2, 0) is 0 Å². The Morgan fingerprint density at radius 1 is 0.833 bits per heavy atom. The van der Waals surface area contributed by atoms with Crippen molar-refractivity contribution < 1.29 is 13.9 Å². The zero-order valence-corrected chi connectivity index (χ0v) is 19.8. The van der Waals surface area contributed by atoms with Gasteiger partial charge in [0.1, 0.15) is 17.3 Å². The van der Waals surface area contributed by atoms with Crippen molar-refractivity contribution in [2.24, 2.45) is 0 Å². The molecule has 0 aliphatic heterocycles. The Balaban J connectivity index is 1.43.